The van der Waals surface area contributed by atoms with Crippen molar-refractivity contribution in [3.05, 3.63) is 83.4 Å². The number of hydroxylamine groups is 1. The third-order valence-electron chi connectivity index (χ3n) is 6.59. The Hall–Kier alpha value is -4.37. The standard InChI is InChI=1S/C27H24N2O7/c1-15-9-7-8-12-18(15)28-25(30)21-22(17-13-14-19(34-2)23(35-3)20(17)27(32)33)29(36-24(21)26(28)31)16-10-5-4-6-11-16/h4-14,21-22,24H,1-3H3,(H,32,33)/t21-,22-,24-/m1/s1. The normalized spacial score (nSPS) is 21.0. The first-order valence-corrected chi connectivity index (χ1v) is 11.3. The zero-order valence-electron chi connectivity index (χ0n) is 19.9. The summed E-state index contributed by atoms with van der Waals surface area (Å²) in [4.78, 5) is 47.2. The number of carboxylic acid groups (broad SMARTS) is 1. The summed E-state index contributed by atoms with van der Waals surface area (Å²) in [6.07, 6.45) is -1.13. The molecule has 0 saturated carbocycles. The Kier molecular flexibility index (Phi) is 5.85. The average molecular weight is 488 g/mol. The van der Waals surface area contributed by atoms with Crippen LogP contribution in [-0.2, 0) is 14.4 Å². The van der Waals surface area contributed by atoms with Gasteiger partial charge in [-0.25, -0.2) is 14.8 Å². The fourth-order valence-corrected chi connectivity index (χ4v) is 4.99. The Bertz CT molecular complexity index is 1360. The van der Waals surface area contributed by atoms with Crippen molar-refractivity contribution < 1.29 is 33.8 Å². The number of amides is 2. The van der Waals surface area contributed by atoms with E-state index in [1.807, 2.05) is 25.1 Å². The lowest BCUT2D eigenvalue weighted by Crippen LogP contribution is -2.38. The Morgan fingerprint density at radius 2 is 1.61 bits per heavy atom. The number of carboxylic acids is 1. The molecule has 2 saturated heterocycles. The molecule has 2 aliphatic heterocycles. The number of fused-ring (bicyclic) bond motifs is 1. The van der Waals surface area contributed by atoms with E-state index in [2.05, 4.69) is 0 Å². The molecule has 2 aliphatic rings. The van der Waals surface area contributed by atoms with Gasteiger partial charge in [0.15, 0.2) is 17.6 Å². The van der Waals surface area contributed by atoms with Crippen molar-refractivity contribution in [2.75, 3.05) is 24.2 Å². The molecule has 0 bridgehead atoms. The summed E-state index contributed by atoms with van der Waals surface area (Å²) in [5, 5.41) is 11.6. The lowest BCUT2D eigenvalue weighted by Gasteiger charge is -2.30. The molecule has 0 aromatic heterocycles. The van der Waals surface area contributed by atoms with Crippen LogP contribution in [0.3, 0.4) is 0 Å². The molecule has 36 heavy (non-hydrogen) atoms. The molecule has 3 atom stereocenters. The molecule has 0 spiro atoms. The molecule has 0 aliphatic carbocycles. The number of carbonyl (C=O) groups is 3. The predicted octanol–water partition coefficient (Wildman–Crippen LogP) is 3.76. The molecule has 2 amide bonds. The Morgan fingerprint density at radius 1 is 0.917 bits per heavy atom. The van der Waals surface area contributed by atoms with E-state index in [-0.39, 0.29) is 22.6 Å². The van der Waals surface area contributed by atoms with Gasteiger partial charge in [0.25, 0.3) is 5.91 Å². The van der Waals surface area contributed by atoms with Gasteiger partial charge in [-0.2, -0.15) is 0 Å². The van der Waals surface area contributed by atoms with Crippen molar-refractivity contribution in [2.24, 2.45) is 5.92 Å². The number of aryl methyl sites for hydroxylation is 1. The van der Waals surface area contributed by atoms with Crippen LogP contribution in [0.2, 0.25) is 0 Å². The van der Waals surface area contributed by atoms with E-state index >= 15 is 0 Å². The topological polar surface area (TPSA) is 106 Å². The van der Waals surface area contributed by atoms with E-state index in [1.54, 1.807) is 48.5 Å². The smallest absolute Gasteiger partial charge is 0.339 e. The van der Waals surface area contributed by atoms with Crippen LogP contribution in [0, 0.1) is 12.8 Å². The minimum Gasteiger partial charge on any atom is -0.493 e. The summed E-state index contributed by atoms with van der Waals surface area (Å²) in [7, 11) is 2.76. The minimum atomic E-state index is -1.26. The predicted molar refractivity (Wildman–Crippen MR) is 130 cm³/mol. The molecule has 3 aromatic carbocycles. The van der Waals surface area contributed by atoms with Gasteiger partial charge in [-0.15, -0.1) is 0 Å². The summed E-state index contributed by atoms with van der Waals surface area (Å²) in [6.45, 7) is 1.81. The molecule has 1 N–H and O–H groups in total. The molecule has 2 heterocycles. The molecule has 9 nitrogen and oxygen atoms in total. The van der Waals surface area contributed by atoms with Gasteiger partial charge in [0, 0.05) is 0 Å². The van der Waals surface area contributed by atoms with Gasteiger partial charge in [-0.1, -0.05) is 42.5 Å². The SMILES string of the molecule is COc1ccc([C@@H]2[C@H]3C(=O)N(c4ccccc4C)C(=O)[C@@H]3ON2c2ccccc2)c(C(=O)O)c1OC. The number of carbonyl (C=O) groups excluding carboxylic acids is 2. The highest BCUT2D eigenvalue weighted by Gasteiger charge is 2.61. The van der Waals surface area contributed by atoms with Gasteiger partial charge >= 0.3 is 5.97 Å². The first-order valence-electron chi connectivity index (χ1n) is 11.3. The molecular formula is C27H24N2O7. The number of hydrogen-bond donors (Lipinski definition) is 1. The lowest BCUT2D eigenvalue weighted by atomic mass is 9.87. The second-order valence-electron chi connectivity index (χ2n) is 8.53. The molecule has 2 fully saturated rings. The number of rotatable bonds is 6. The van der Waals surface area contributed by atoms with Crippen LogP contribution in [0.1, 0.15) is 27.5 Å². The van der Waals surface area contributed by atoms with E-state index in [0.717, 1.165) is 10.5 Å². The molecule has 5 rings (SSSR count). The lowest BCUT2D eigenvalue weighted by molar-refractivity contribution is -0.126. The quantitative estimate of drug-likeness (QED) is 0.523. The van der Waals surface area contributed by atoms with E-state index in [1.165, 1.54) is 19.3 Å². The van der Waals surface area contributed by atoms with Gasteiger partial charge in [-0.3, -0.25) is 14.4 Å². The number of para-hydroxylation sites is 2. The van der Waals surface area contributed by atoms with E-state index in [4.69, 9.17) is 14.3 Å². The number of imide groups is 1. The highest BCUT2D eigenvalue weighted by Crippen LogP contribution is 2.50. The number of aromatic carboxylic acids is 1. The molecular weight excluding hydrogens is 464 g/mol. The van der Waals surface area contributed by atoms with Crippen LogP contribution < -0.4 is 19.4 Å². The number of hydrogen-bond acceptors (Lipinski definition) is 7. The van der Waals surface area contributed by atoms with Crippen LogP contribution in [0.4, 0.5) is 11.4 Å². The van der Waals surface area contributed by atoms with Crippen molar-refractivity contribution >= 4 is 29.2 Å². The first kappa shape index (κ1) is 23.4. The maximum absolute atomic E-state index is 13.9. The molecule has 184 valence electrons. The maximum atomic E-state index is 13.9. The van der Waals surface area contributed by atoms with Crippen molar-refractivity contribution in [2.45, 2.75) is 19.1 Å². The van der Waals surface area contributed by atoms with E-state index in [9.17, 15) is 19.5 Å². The summed E-state index contributed by atoms with van der Waals surface area (Å²) < 4.78 is 10.7. The van der Waals surface area contributed by atoms with Crippen molar-refractivity contribution in [1.29, 1.82) is 0 Å². The Labute approximate surface area is 207 Å². The van der Waals surface area contributed by atoms with Gasteiger partial charge in [-0.05, 0) is 42.3 Å². The Morgan fingerprint density at radius 3 is 2.25 bits per heavy atom. The van der Waals surface area contributed by atoms with Gasteiger partial charge < -0.3 is 14.6 Å². The second kappa shape index (κ2) is 9.01. The van der Waals surface area contributed by atoms with Crippen LogP contribution in [0.15, 0.2) is 66.7 Å². The first-order chi connectivity index (χ1) is 17.4. The summed E-state index contributed by atoms with van der Waals surface area (Å²) in [6, 6.07) is 18.3. The van der Waals surface area contributed by atoms with Gasteiger partial charge in [0.1, 0.15) is 11.5 Å². The third kappa shape index (κ3) is 3.47. The zero-order valence-corrected chi connectivity index (χ0v) is 19.9. The fraction of sp³-hybridized carbons (Fsp3) is 0.222. The summed E-state index contributed by atoms with van der Waals surface area (Å²) >= 11 is 0. The molecule has 9 heteroatoms. The minimum absolute atomic E-state index is 0.0199. The van der Waals surface area contributed by atoms with Crippen molar-refractivity contribution in [1.82, 2.24) is 0 Å². The summed E-state index contributed by atoms with van der Waals surface area (Å²) in [5.41, 5.74) is 1.91. The van der Waals surface area contributed by atoms with Crippen molar-refractivity contribution in [3.63, 3.8) is 0 Å². The number of benzene rings is 3. The largest absolute Gasteiger partial charge is 0.493 e. The molecule has 0 unspecified atom stereocenters. The Balaban J connectivity index is 1.70. The van der Waals surface area contributed by atoms with Crippen LogP contribution >= 0.6 is 0 Å². The van der Waals surface area contributed by atoms with Crippen LogP contribution in [0.5, 0.6) is 11.5 Å². The van der Waals surface area contributed by atoms with Gasteiger partial charge in [0.2, 0.25) is 5.91 Å². The van der Waals surface area contributed by atoms with Crippen LogP contribution in [0.25, 0.3) is 0 Å². The third-order valence-corrected chi connectivity index (χ3v) is 6.59. The highest BCUT2D eigenvalue weighted by molar-refractivity contribution is 6.24. The second-order valence-corrected chi connectivity index (χ2v) is 8.53. The van der Waals surface area contributed by atoms with Gasteiger partial charge in [0.05, 0.1) is 31.6 Å². The average Bonchev–Trinajstić information content (AvgIpc) is 3.39. The number of ether oxygens (including phenoxy) is 2. The monoisotopic (exact) mass is 488 g/mol. The molecule has 3 aromatic rings. The number of anilines is 2. The summed E-state index contributed by atoms with van der Waals surface area (Å²) in [5.74, 6) is -2.96. The van der Waals surface area contributed by atoms with E-state index < -0.39 is 35.8 Å². The van der Waals surface area contributed by atoms with Crippen molar-refractivity contribution in [3.8, 4) is 11.5 Å². The zero-order chi connectivity index (χ0) is 25.6. The molecule has 0 radical (unpaired) electrons. The van der Waals surface area contributed by atoms with Crippen LogP contribution in [-0.4, -0.2) is 43.2 Å². The number of methoxy groups -OCH3 is 2. The maximum Gasteiger partial charge on any atom is 0.339 e. The number of nitrogens with zero attached hydrogens (tertiary/aromatic N) is 2. The fourth-order valence-electron chi connectivity index (χ4n) is 4.99. The van der Waals surface area contributed by atoms with E-state index in [0.29, 0.717) is 11.4 Å². The highest BCUT2D eigenvalue weighted by atomic mass is 16.7.